The molecule has 5 nitrogen and oxygen atoms in total. The van der Waals surface area contributed by atoms with Gasteiger partial charge in [0.25, 0.3) is 0 Å². The van der Waals surface area contributed by atoms with Gasteiger partial charge in [-0.3, -0.25) is 4.79 Å². The highest BCUT2D eigenvalue weighted by atomic mass is 16.5. The average Bonchev–Trinajstić information content (AvgIpc) is 3.40. The average molecular weight is 376 g/mol. The number of benzene rings is 2. The molecule has 4 rings (SSSR count). The fourth-order valence-corrected chi connectivity index (χ4v) is 3.67. The fraction of sp³-hybridized carbons (Fsp3) is 0.304. The number of aromatic nitrogens is 1. The van der Waals surface area contributed by atoms with Gasteiger partial charge in [0.05, 0.1) is 12.5 Å². The van der Waals surface area contributed by atoms with E-state index < -0.39 is 0 Å². The van der Waals surface area contributed by atoms with Crippen molar-refractivity contribution in [2.75, 3.05) is 6.54 Å². The van der Waals surface area contributed by atoms with E-state index in [0.29, 0.717) is 13.0 Å². The largest absolute Gasteiger partial charge is 0.489 e. The van der Waals surface area contributed by atoms with Crippen LogP contribution in [0.4, 0.5) is 0 Å². The van der Waals surface area contributed by atoms with E-state index in [4.69, 9.17) is 9.15 Å². The third-order valence-corrected chi connectivity index (χ3v) is 5.30. The van der Waals surface area contributed by atoms with Crippen molar-refractivity contribution in [3.05, 3.63) is 83.6 Å². The normalized spacial score (nSPS) is 16.3. The minimum absolute atomic E-state index is 0.0305. The Hall–Kier alpha value is -3.08. The third-order valence-electron chi connectivity index (χ3n) is 5.30. The van der Waals surface area contributed by atoms with Crippen LogP contribution in [0.2, 0.25) is 0 Å². The number of rotatable bonds is 6. The number of amides is 1. The summed E-state index contributed by atoms with van der Waals surface area (Å²) < 4.78 is 11.0. The first-order valence-corrected chi connectivity index (χ1v) is 9.64. The molecule has 28 heavy (non-hydrogen) atoms. The molecule has 0 aliphatic carbocycles. The number of likely N-dealkylation sites (tertiary alicyclic amines) is 1. The maximum absolute atomic E-state index is 12.8. The monoisotopic (exact) mass is 376 g/mol. The van der Waals surface area contributed by atoms with Crippen molar-refractivity contribution < 1.29 is 13.9 Å². The van der Waals surface area contributed by atoms with Crippen LogP contribution in [0.5, 0.6) is 5.75 Å². The molecule has 1 amide bonds. The van der Waals surface area contributed by atoms with E-state index in [-0.39, 0.29) is 11.9 Å². The number of hydrogen-bond donors (Lipinski definition) is 0. The summed E-state index contributed by atoms with van der Waals surface area (Å²) >= 11 is 0. The van der Waals surface area contributed by atoms with Crippen LogP contribution in [-0.2, 0) is 17.8 Å². The van der Waals surface area contributed by atoms with Gasteiger partial charge in [0.2, 0.25) is 5.91 Å². The minimum Gasteiger partial charge on any atom is -0.489 e. The van der Waals surface area contributed by atoms with Crippen molar-refractivity contribution in [2.24, 2.45) is 0 Å². The summed E-state index contributed by atoms with van der Waals surface area (Å²) in [7, 11) is 0. The molecule has 2 aromatic carbocycles. The molecule has 0 bridgehead atoms. The molecule has 2 heterocycles. The lowest BCUT2D eigenvalue weighted by Gasteiger charge is -2.23. The lowest BCUT2D eigenvalue weighted by molar-refractivity contribution is -0.131. The topological polar surface area (TPSA) is 55.6 Å². The first-order valence-electron chi connectivity index (χ1n) is 9.64. The van der Waals surface area contributed by atoms with Crippen LogP contribution in [0.15, 0.2) is 65.6 Å². The summed E-state index contributed by atoms with van der Waals surface area (Å²) in [6.45, 7) is 3.39. The van der Waals surface area contributed by atoms with Crippen molar-refractivity contribution in [1.29, 1.82) is 0 Å². The Kier molecular flexibility index (Phi) is 5.42. The number of hydrogen-bond acceptors (Lipinski definition) is 4. The van der Waals surface area contributed by atoms with Gasteiger partial charge in [0, 0.05) is 6.54 Å². The van der Waals surface area contributed by atoms with Gasteiger partial charge < -0.3 is 14.1 Å². The predicted octanol–water partition coefficient (Wildman–Crippen LogP) is 4.47. The lowest BCUT2D eigenvalue weighted by atomic mass is 10.1. The number of carbonyl (C=O) groups excluding carboxylic acids is 1. The highest BCUT2D eigenvalue weighted by Crippen LogP contribution is 2.31. The van der Waals surface area contributed by atoms with Gasteiger partial charge in [-0.05, 0) is 48.6 Å². The Morgan fingerprint density at radius 1 is 1.21 bits per heavy atom. The third kappa shape index (κ3) is 4.09. The molecule has 144 valence electrons. The zero-order valence-electron chi connectivity index (χ0n) is 16.0. The molecule has 1 fully saturated rings. The fourth-order valence-electron chi connectivity index (χ4n) is 3.67. The molecule has 1 saturated heterocycles. The van der Waals surface area contributed by atoms with Crippen LogP contribution in [0.1, 0.15) is 41.3 Å². The van der Waals surface area contributed by atoms with Gasteiger partial charge in [-0.15, -0.1) is 0 Å². The number of aryl methyl sites for hydroxylation is 1. The molecule has 0 N–H and O–H groups in total. The Labute approximate surface area is 165 Å². The van der Waals surface area contributed by atoms with Crippen LogP contribution in [0.3, 0.4) is 0 Å². The minimum atomic E-state index is 0.0305. The van der Waals surface area contributed by atoms with Gasteiger partial charge in [0.15, 0.2) is 6.39 Å². The van der Waals surface area contributed by atoms with E-state index in [0.717, 1.165) is 36.4 Å². The van der Waals surface area contributed by atoms with E-state index in [9.17, 15) is 4.79 Å². The number of oxazole rings is 1. The Balaban J connectivity index is 1.35. The van der Waals surface area contributed by atoms with Crippen molar-refractivity contribution >= 4 is 5.91 Å². The molecule has 1 atom stereocenters. The molecular formula is C23H24N2O3. The number of nitrogens with zero attached hydrogens (tertiary/aromatic N) is 2. The standard InChI is InChI=1S/C23H24N2O3/c1-17-5-2-3-6-19(17)14-28-20-10-8-18(9-11-20)13-23(26)25-12-4-7-22(25)21-15-27-16-24-21/h2-3,5-6,8-11,15-16,22H,4,7,12-14H2,1H3. The molecule has 1 unspecified atom stereocenters. The quantitative estimate of drug-likeness (QED) is 0.637. The number of carbonyl (C=O) groups is 1. The summed E-state index contributed by atoms with van der Waals surface area (Å²) in [4.78, 5) is 18.9. The highest BCUT2D eigenvalue weighted by molar-refractivity contribution is 5.79. The summed E-state index contributed by atoms with van der Waals surface area (Å²) in [6.07, 6.45) is 5.37. The molecular weight excluding hydrogens is 352 g/mol. The Morgan fingerprint density at radius 2 is 2.04 bits per heavy atom. The van der Waals surface area contributed by atoms with E-state index >= 15 is 0 Å². The first-order chi connectivity index (χ1) is 13.7. The molecule has 0 spiro atoms. The van der Waals surface area contributed by atoms with E-state index in [1.165, 1.54) is 17.5 Å². The zero-order valence-corrected chi connectivity index (χ0v) is 16.0. The summed E-state index contributed by atoms with van der Waals surface area (Å²) in [6, 6.07) is 16.0. The molecule has 0 saturated carbocycles. The van der Waals surface area contributed by atoms with Gasteiger partial charge in [-0.25, -0.2) is 4.98 Å². The second-order valence-electron chi connectivity index (χ2n) is 7.19. The molecule has 1 aromatic heterocycles. The van der Waals surface area contributed by atoms with E-state index in [1.807, 2.05) is 41.3 Å². The Morgan fingerprint density at radius 3 is 2.79 bits per heavy atom. The summed E-state index contributed by atoms with van der Waals surface area (Å²) in [5.74, 6) is 0.931. The van der Waals surface area contributed by atoms with Crippen LogP contribution in [0, 0.1) is 6.92 Å². The lowest BCUT2D eigenvalue weighted by Crippen LogP contribution is -2.32. The second kappa shape index (κ2) is 8.30. The van der Waals surface area contributed by atoms with E-state index in [2.05, 4.69) is 24.0 Å². The first kappa shape index (κ1) is 18.3. The molecule has 1 aliphatic heterocycles. The van der Waals surface area contributed by atoms with Crippen molar-refractivity contribution in [3.8, 4) is 5.75 Å². The summed E-state index contributed by atoms with van der Waals surface area (Å²) in [5.41, 5.74) is 4.22. The van der Waals surface area contributed by atoms with Crippen molar-refractivity contribution in [1.82, 2.24) is 9.88 Å². The van der Waals surface area contributed by atoms with Gasteiger partial charge in [-0.1, -0.05) is 36.4 Å². The van der Waals surface area contributed by atoms with Gasteiger partial charge in [-0.2, -0.15) is 0 Å². The molecule has 1 aliphatic rings. The zero-order chi connectivity index (χ0) is 19.3. The maximum atomic E-state index is 12.8. The van der Waals surface area contributed by atoms with Crippen LogP contribution in [-0.4, -0.2) is 22.3 Å². The van der Waals surface area contributed by atoms with Gasteiger partial charge >= 0.3 is 0 Å². The van der Waals surface area contributed by atoms with Crippen molar-refractivity contribution in [2.45, 2.75) is 38.8 Å². The van der Waals surface area contributed by atoms with Crippen molar-refractivity contribution in [3.63, 3.8) is 0 Å². The SMILES string of the molecule is Cc1ccccc1COc1ccc(CC(=O)N2CCCC2c2cocn2)cc1. The predicted molar refractivity (Wildman–Crippen MR) is 106 cm³/mol. The smallest absolute Gasteiger partial charge is 0.227 e. The van der Waals surface area contributed by atoms with Gasteiger partial charge in [0.1, 0.15) is 24.3 Å². The van der Waals surface area contributed by atoms with Crippen LogP contribution >= 0.6 is 0 Å². The number of ether oxygens (including phenoxy) is 1. The summed E-state index contributed by atoms with van der Waals surface area (Å²) in [5, 5.41) is 0. The molecule has 3 aromatic rings. The van der Waals surface area contributed by atoms with Crippen LogP contribution < -0.4 is 4.74 Å². The molecule has 0 radical (unpaired) electrons. The van der Waals surface area contributed by atoms with Crippen LogP contribution in [0.25, 0.3) is 0 Å². The maximum Gasteiger partial charge on any atom is 0.227 e. The van der Waals surface area contributed by atoms with E-state index in [1.54, 1.807) is 6.26 Å². The Bertz CT molecular complexity index is 919. The second-order valence-corrected chi connectivity index (χ2v) is 7.19. The highest BCUT2D eigenvalue weighted by Gasteiger charge is 2.31. The molecule has 5 heteroatoms.